The van der Waals surface area contributed by atoms with E-state index in [0.29, 0.717) is 0 Å². The van der Waals surface area contributed by atoms with Crippen LogP contribution in [0, 0.1) is 0 Å². The highest BCUT2D eigenvalue weighted by Crippen LogP contribution is 2.51. The molecule has 0 radical (unpaired) electrons. The van der Waals surface area contributed by atoms with Crippen molar-refractivity contribution in [3.05, 3.63) is 108 Å². The van der Waals surface area contributed by atoms with Crippen LogP contribution < -0.4 is 0 Å². The number of furan rings is 1. The second-order valence-electron chi connectivity index (χ2n) is 8.87. The molecule has 0 saturated heterocycles. The number of benzene rings is 6. The van der Waals surface area contributed by atoms with E-state index in [1.807, 2.05) is 0 Å². The first-order valence-corrected chi connectivity index (χ1v) is 11.2. The van der Waals surface area contributed by atoms with Crippen LogP contribution in [0.15, 0.2) is 101 Å². The minimum Gasteiger partial charge on any atom is -0.455 e. The van der Waals surface area contributed by atoms with E-state index in [2.05, 4.69) is 97.1 Å². The molecule has 0 atom stereocenters. The molecule has 0 amide bonds. The molecule has 1 heterocycles. The summed E-state index contributed by atoms with van der Waals surface area (Å²) < 4.78 is 6.82. The fourth-order valence-electron chi connectivity index (χ4n) is 5.90. The second-order valence-corrected chi connectivity index (χ2v) is 8.87. The molecule has 1 heteroatoms. The smallest absolute Gasteiger partial charge is 0.144 e. The van der Waals surface area contributed by atoms with E-state index in [1.54, 1.807) is 0 Å². The molecule has 0 unspecified atom stereocenters. The summed E-state index contributed by atoms with van der Waals surface area (Å²) in [6, 6.07) is 35.1. The third kappa shape index (κ3) is 1.94. The van der Waals surface area contributed by atoms with Gasteiger partial charge in [0.05, 0.1) is 0 Å². The maximum atomic E-state index is 6.82. The summed E-state index contributed by atoms with van der Waals surface area (Å²) >= 11 is 0. The number of hydrogen-bond donors (Lipinski definition) is 0. The lowest BCUT2D eigenvalue weighted by atomic mass is 9.92. The van der Waals surface area contributed by atoms with Crippen LogP contribution in [0.25, 0.3) is 65.4 Å². The van der Waals surface area contributed by atoms with Gasteiger partial charge in [0.2, 0.25) is 0 Å². The molecule has 6 aromatic carbocycles. The molecule has 1 aliphatic carbocycles. The minimum absolute atomic E-state index is 0.948. The van der Waals surface area contributed by atoms with Crippen LogP contribution in [0.3, 0.4) is 0 Å². The van der Waals surface area contributed by atoms with Gasteiger partial charge in [0, 0.05) is 21.7 Å². The highest BCUT2D eigenvalue weighted by atomic mass is 16.3. The number of hydrogen-bond acceptors (Lipinski definition) is 1. The van der Waals surface area contributed by atoms with Gasteiger partial charge in [0.15, 0.2) is 0 Å². The summed E-state index contributed by atoms with van der Waals surface area (Å²) in [6.45, 7) is 0. The van der Waals surface area contributed by atoms with Crippen LogP contribution in [0.4, 0.5) is 0 Å². The van der Waals surface area contributed by atoms with Crippen molar-refractivity contribution in [1.29, 1.82) is 0 Å². The average molecular weight is 406 g/mol. The van der Waals surface area contributed by atoms with Crippen molar-refractivity contribution >= 4 is 54.3 Å². The van der Waals surface area contributed by atoms with Gasteiger partial charge in [-0.15, -0.1) is 0 Å². The lowest BCUT2D eigenvalue weighted by molar-refractivity contribution is 0.674. The van der Waals surface area contributed by atoms with E-state index in [1.165, 1.54) is 65.3 Å². The first-order chi connectivity index (χ1) is 15.9. The highest BCUT2D eigenvalue weighted by molar-refractivity contribution is 6.28. The van der Waals surface area contributed by atoms with Gasteiger partial charge < -0.3 is 4.42 Å². The molecule has 0 spiro atoms. The Balaban J connectivity index is 1.67. The van der Waals surface area contributed by atoms with Crippen molar-refractivity contribution in [2.45, 2.75) is 6.42 Å². The summed E-state index contributed by atoms with van der Waals surface area (Å²) in [5, 5.41) is 10.0. The Hall–Kier alpha value is -4.10. The van der Waals surface area contributed by atoms with Gasteiger partial charge in [-0.3, -0.25) is 0 Å². The zero-order valence-corrected chi connectivity index (χ0v) is 17.4. The van der Waals surface area contributed by atoms with Crippen molar-refractivity contribution in [3.8, 4) is 11.1 Å². The van der Waals surface area contributed by atoms with Crippen molar-refractivity contribution < 1.29 is 4.42 Å². The number of fused-ring (bicyclic) bond motifs is 14. The normalized spacial score (nSPS) is 12.9. The molecule has 0 bridgehead atoms. The van der Waals surface area contributed by atoms with E-state index >= 15 is 0 Å². The Morgan fingerprint density at radius 3 is 1.97 bits per heavy atom. The summed E-state index contributed by atoms with van der Waals surface area (Å²) in [6.07, 6.45) is 0.948. The molecule has 0 aliphatic heterocycles. The van der Waals surface area contributed by atoms with Crippen LogP contribution in [0.2, 0.25) is 0 Å². The SMILES string of the molecule is c1ccc2c3c(ccc2c1)Cc1c-3c2oc3c4ccccc4ccc3c2c2ccccc12. The van der Waals surface area contributed by atoms with Gasteiger partial charge in [0.25, 0.3) is 0 Å². The van der Waals surface area contributed by atoms with Gasteiger partial charge in [-0.2, -0.15) is 0 Å². The second kappa shape index (κ2) is 5.77. The van der Waals surface area contributed by atoms with Gasteiger partial charge in [-0.1, -0.05) is 91.0 Å². The first kappa shape index (κ1) is 16.6. The highest BCUT2D eigenvalue weighted by Gasteiger charge is 2.29. The molecule has 1 nitrogen and oxygen atoms in total. The lowest BCUT2D eigenvalue weighted by Gasteiger charge is -2.10. The summed E-state index contributed by atoms with van der Waals surface area (Å²) in [5.41, 5.74) is 7.43. The van der Waals surface area contributed by atoms with Gasteiger partial charge >= 0.3 is 0 Å². The van der Waals surface area contributed by atoms with E-state index in [-0.39, 0.29) is 0 Å². The van der Waals surface area contributed by atoms with Crippen LogP contribution in [0.1, 0.15) is 11.1 Å². The molecule has 0 N–H and O–H groups in total. The summed E-state index contributed by atoms with van der Waals surface area (Å²) in [4.78, 5) is 0. The fraction of sp³-hybridized carbons (Fsp3) is 0.0323. The molecule has 7 aromatic rings. The monoisotopic (exact) mass is 406 g/mol. The molecule has 0 fully saturated rings. The molecule has 1 aliphatic rings. The molecular formula is C31H18O. The first-order valence-electron chi connectivity index (χ1n) is 11.2. The van der Waals surface area contributed by atoms with E-state index in [0.717, 1.165) is 17.6 Å². The largest absolute Gasteiger partial charge is 0.455 e. The third-order valence-corrected chi connectivity index (χ3v) is 7.26. The van der Waals surface area contributed by atoms with Crippen molar-refractivity contribution in [1.82, 2.24) is 0 Å². The Morgan fingerprint density at radius 2 is 1.12 bits per heavy atom. The van der Waals surface area contributed by atoms with E-state index < -0.39 is 0 Å². The van der Waals surface area contributed by atoms with Gasteiger partial charge in [-0.25, -0.2) is 0 Å². The molecule has 148 valence electrons. The predicted octanol–water partition coefficient (Wildman–Crippen LogP) is 8.62. The van der Waals surface area contributed by atoms with Gasteiger partial charge in [-0.05, 0) is 56.1 Å². The maximum Gasteiger partial charge on any atom is 0.144 e. The van der Waals surface area contributed by atoms with Crippen molar-refractivity contribution in [3.63, 3.8) is 0 Å². The molecule has 8 rings (SSSR count). The molecule has 32 heavy (non-hydrogen) atoms. The van der Waals surface area contributed by atoms with E-state index in [9.17, 15) is 0 Å². The lowest BCUT2D eigenvalue weighted by Crippen LogP contribution is -1.86. The molecular weight excluding hydrogens is 388 g/mol. The quantitative estimate of drug-likeness (QED) is 0.246. The van der Waals surface area contributed by atoms with Crippen molar-refractivity contribution in [2.24, 2.45) is 0 Å². The third-order valence-electron chi connectivity index (χ3n) is 7.26. The minimum atomic E-state index is 0.948. The van der Waals surface area contributed by atoms with Crippen LogP contribution in [0.5, 0.6) is 0 Å². The Morgan fingerprint density at radius 1 is 0.469 bits per heavy atom. The maximum absolute atomic E-state index is 6.82. The average Bonchev–Trinajstić information content (AvgIpc) is 3.44. The molecule has 1 aromatic heterocycles. The van der Waals surface area contributed by atoms with E-state index in [4.69, 9.17) is 4.42 Å². The zero-order chi connectivity index (χ0) is 20.8. The standard InChI is InChI=1S/C31H18O/c1-3-9-21-18(7-1)13-14-20-17-26-23-11-5-6-12-24(23)28-25-16-15-19-8-2-4-10-22(19)30(25)32-31(28)29(26)27(20)21/h1-16H,17H2. The topological polar surface area (TPSA) is 13.1 Å². The van der Waals surface area contributed by atoms with Crippen LogP contribution in [-0.4, -0.2) is 0 Å². The Kier molecular flexibility index (Phi) is 2.99. The van der Waals surface area contributed by atoms with Crippen molar-refractivity contribution in [2.75, 3.05) is 0 Å². The van der Waals surface area contributed by atoms with Gasteiger partial charge in [0.1, 0.15) is 11.2 Å². The number of rotatable bonds is 0. The molecule has 0 saturated carbocycles. The summed E-state index contributed by atoms with van der Waals surface area (Å²) in [5.74, 6) is 0. The fourth-order valence-corrected chi connectivity index (χ4v) is 5.90. The Labute approximate surface area is 184 Å². The zero-order valence-electron chi connectivity index (χ0n) is 17.4. The Bertz CT molecular complexity index is 1900. The summed E-state index contributed by atoms with van der Waals surface area (Å²) in [7, 11) is 0. The predicted molar refractivity (Wildman–Crippen MR) is 134 cm³/mol. The van der Waals surface area contributed by atoms with Crippen LogP contribution in [-0.2, 0) is 6.42 Å². The van der Waals surface area contributed by atoms with Crippen LogP contribution >= 0.6 is 0 Å².